The number of carbonyl (C=O) groups is 1. The summed E-state index contributed by atoms with van der Waals surface area (Å²) >= 11 is 10.8. The van der Waals surface area contributed by atoms with E-state index in [2.05, 4.69) is 5.32 Å². The number of amides is 1. The lowest BCUT2D eigenvalue weighted by Crippen LogP contribution is -2.38. The molecule has 0 radical (unpaired) electrons. The number of rotatable bonds is 6. The molecule has 1 aromatic carbocycles. The number of halogens is 1. The number of benzene rings is 1. The van der Waals surface area contributed by atoms with E-state index in [9.17, 15) is 4.79 Å². The van der Waals surface area contributed by atoms with Gasteiger partial charge in [-0.15, -0.1) is 0 Å². The van der Waals surface area contributed by atoms with Crippen LogP contribution in [0.2, 0.25) is 5.02 Å². The monoisotopic (exact) mass is 285 g/mol. The molecule has 4 nitrogen and oxygen atoms in total. The zero-order valence-electron chi connectivity index (χ0n) is 10.1. The molecule has 0 fully saturated rings. The lowest BCUT2D eigenvalue weighted by Gasteiger charge is -2.19. The van der Waals surface area contributed by atoms with Crippen molar-refractivity contribution in [3.05, 3.63) is 29.3 Å². The molecule has 1 amide bonds. The van der Waals surface area contributed by atoms with Gasteiger partial charge in [-0.25, -0.2) is 0 Å². The minimum atomic E-state index is -0.138. The van der Waals surface area contributed by atoms with Gasteiger partial charge in [0.2, 0.25) is 5.91 Å². The van der Waals surface area contributed by atoms with Gasteiger partial charge < -0.3 is 11.1 Å². The van der Waals surface area contributed by atoms with Crippen molar-refractivity contribution in [2.24, 2.45) is 5.73 Å². The SMILES string of the molecule is CCN(CC(=O)Nc1ccccc1Cl)CC(N)=S. The van der Waals surface area contributed by atoms with Crippen molar-refractivity contribution in [3.63, 3.8) is 0 Å². The maximum absolute atomic E-state index is 11.8. The molecule has 1 aromatic rings. The molecule has 0 aliphatic carbocycles. The molecule has 0 heterocycles. The van der Waals surface area contributed by atoms with Gasteiger partial charge >= 0.3 is 0 Å². The van der Waals surface area contributed by atoms with Crippen LogP contribution in [0.1, 0.15) is 6.92 Å². The van der Waals surface area contributed by atoms with Gasteiger partial charge in [-0.05, 0) is 18.7 Å². The zero-order chi connectivity index (χ0) is 13.5. The highest BCUT2D eigenvalue weighted by Crippen LogP contribution is 2.20. The summed E-state index contributed by atoms with van der Waals surface area (Å²) in [6.07, 6.45) is 0. The number of nitrogens with two attached hydrogens (primary N) is 1. The van der Waals surface area contributed by atoms with E-state index in [1.165, 1.54) is 0 Å². The van der Waals surface area contributed by atoms with Gasteiger partial charge in [0.25, 0.3) is 0 Å². The average molecular weight is 286 g/mol. The molecule has 0 aromatic heterocycles. The van der Waals surface area contributed by atoms with Crippen molar-refractivity contribution >= 4 is 40.4 Å². The van der Waals surface area contributed by atoms with Crippen molar-refractivity contribution in [3.8, 4) is 0 Å². The van der Waals surface area contributed by atoms with E-state index in [-0.39, 0.29) is 12.5 Å². The molecule has 0 unspecified atom stereocenters. The summed E-state index contributed by atoms with van der Waals surface area (Å²) in [4.78, 5) is 14.1. The van der Waals surface area contributed by atoms with Crippen LogP contribution < -0.4 is 11.1 Å². The highest BCUT2D eigenvalue weighted by atomic mass is 35.5. The fourth-order valence-corrected chi connectivity index (χ4v) is 1.82. The first-order valence-corrected chi connectivity index (χ1v) is 6.36. The number of nitrogens with zero attached hydrogens (tertiary/aromatic N) is 1. The van der Waals surface area contributed by atoms with Crippen molar-refractivity contribution in [2.75, 3.05) is 25.0 Å². The van der Waals surface area contributed by atoms with Gasteiger partial charge in [0, 0.05) is 6.54 Å². The Morgan fingerprint density at radius 2 is 2.11 bits per heavy atom. The number of anilines is 1. The van der Waals surface area contributed by atoms with Crippen LogP contribution in [-0.4, -0.2) is 35.4 Å². The quantitative estimate of drug-likeness (QED) is 0.784. The van der Waals surface area contributed by atoms with E-state index >= 15 is 0 Å². The van der Waals surface area contributed by atoms with Crippen molar-refractivity contribution < 1.29 is 4.79 Å². The largest absolute Gasteiger partial charge is 0.392 e. The molecule has 6 heteroatoms. The first-order chi connectivity index (χ1) is 8.52. The number of hydrogen-bond acceptors (Lipinski definition) is 3. The third kappa shape index (κ3) is 5.00. The van der Waals surface area contributed by atoms with Gasteiger partial charge in [-0.2, -0.15) is 0 Å². The van der Waals surface area contributed by atoms with E-state index in [1.807, 2.05) is 24.0 Å². The van der Waals surface area contributed by atoms with Crippen LogP contribution in [0.15, 0.2) is 24.3 Å². The summed E-state index contributed by atoms with van der Waals surface area (Å²) in [5.74, 6) is -0.138. The smallest absolute Gasteiger partial charge is 0.238 e. The summed E-state index contributed by atoms with van der Waals surface area (Å²) in [5, 5.41) is 3.27. The zero-order valence-corrected chi connectivity index (χ0v) is 11.7. The number of thiocarbonyl (C=S) groups is 1. The molecule has 0 atom stereocenters. The molecule has 0 saturated heterocycles. The molecule has 1 rings (SSSR count). The maximum Gasteiger partial charge on any atom is 0.238 e. The standard InChI is InChI=1S/C12H16ClN3OS/c1-2-16(7-11(14)18)8-12(17)15-10-6-4-3-5-9(10)13/h3-6H,2,7-8H2,1H3,(H2,14,18)(H,15,17). The summed E-state index contributed by atoms with van der Waals surface area (Å²) in [6.45, 7) is 3.31. The number of likely N-dealkylation sites (N-methyl/N-ethyl adjacent to an activating group) is 1. The fraction of sp³-hybridized carbons (Fsp3) is 0.333. The van der Waals surface area contributed by atoms with Gasteiger partial charge in [0.1, 0.15) is 0 Å². The Kier molecular flexibility index (Phi) is 6.04. The molecule has 0 aliphatic heterocycles. The minimum Gasteiger partial charge on any atom is -0.392 e. The molecule has 0 bridgehead atoms. The second-order valence-corrected chi connectivity index (χ2v) is 4.73. The Morgan fingerprint density at radius 1 is 1.44 bits per heavy atom. The number of carbonyl (C=O) groups excluding carboxylic acids is 1. The highest BCUT2D eigenvalue weighted by Gasteiger charge is 2.11. The molecular weight excluding hydrogens is 270 g/mol. The van der Waals surface area contributed by atoms with Crippen LogP contribution in [0, 0.1) is 0 Å². The second-order valence-electron chi connectivity index (χ2n) is 3.80. The predicted octanol–water partition coefficient (Wildman–Crippen LogP) is 1.89. The number of nitrogens with one attached hydrogen (secondary N) is 1. The van der Waals surface area contributed by atoms with Gasteiger partial charge in [-0.1, -0.05) is 42.9 Å². The van der Waals surface area contributed by atoms with Gasteiger partial charge in [0.15, 0.2) is 0 Å². The van der Waals surface area contributed by atoms with Gasteiger partial charge in [0.05, 0.1) is 22.2 Å². The molecule has 18 heavy (non-hydrogen) atoms. The van der Waals surface area contributed by atoms with Gasteiger partial charge in [-0.3, -0.25) is 9.69 Å². The predicted molar refractivity (Wildman–Crippen MR) is 79.0 cm³/mol. The Hall–Kier alpha value is -1.17. The highest BCUT2D eigenvalue weighted by molar-refractivity contribution is 7.80. The first kappa shape index (κ1) is 14.9. The normalized spacial score (nSPS) is 10.4. The Bertz CT molecular complexity index is 439. The minimum absolute atomic E-state index is 0.138. The Morgan fingerprint density at radius 3 is 2.67 bits per heavy atom. The summed E-state index contributed by atoms with van der Waals surface area (Å²) in [7, 11) is 0. The number of para-hydroxylation sites is 1. The van der Waals surface area contributed by atoms with E-state index in [4.69, 9.17) is 29.6 Å². The topological polar surface area (TPSA) is 58.4 Å². The fourth-order valence-electron chi connectivity index (χ4n) is 1.46. The Balaban J connectivity index is 2.55. The van der Waals surface area contributed by atoms with E-state index in [0.717, 1.165) is 0 Å². The van der Waals surface area contributed by atoms with Crippen LogP contribution in [0.4, 0.5) is 5.69 Å². The first-order valence-electron chi connectivity index (χ1n) is 5.58. The average Bonchev–Trinajstić information content (AvgIpc) is 2.30. The maximum atomic E-state index is 11.8. The molecule has 98 valence electrons. The molecule has 0 saturated carbocycles. The lowest BCUT2D eigenvalue weighted by atomic mass is 10.3. The molecule has 0 aliphatic rings. The number of hydrogen-bond donors (Lipinski definition) is 2. The van der Waals surface area contributed by atoms with E-state index in [0.29, 0.717) is 28.8 Å². The second kappa shape index (κ2) is 7.31. The van der Waals surface area contributed by atoms with Crippen LogP contribution in [0.3, 0.4) is 0 Å². The summed E-state index contributed by atoms with van der Waals surface area (Å²) < 4.78 is 0. The van der Waals surface area contributed by atoms with E-state index < -0.39 is 0 Å². The summed E-state index contributed by atoms with van der Waals surface area (Å²) in [6, 6.07) is 7.10. The van der Waals surface area contributed by atoms with Crippen LogP contribution in [-0.2, 0) is 4.79 Å². The third-order valence-electron chi connectivity index (χ3n) is 2.34. The van der Waals surface area contributed by atoms with Crippen LogP contribution in [0.5, 0.6) is 0 Å². The molecular formula is C12H16ClN3OS. The third-order valence-corrected chi connectivity index (χ3v) is 2.80. The van der Waals surface area contributed by atoms with E-state index in [1.54, 1.807) is 12.1 Å². The lowest BCUT2D eigenvalue weighted by molar-refractivity contribution is -0.117. The molecule has 0 spiro atoms. The van der Waals surface area contributed by atoms with Crippen LogP contribution >= 0.6 is 23.8 Å². The molecule has 3 N–H and O–H groups in total. The summed E-state index contributed by atoms with van der Waals surface area (Å²) in [5.41, 5.74) is 6.07. The Labute approximate surface area is 117 Å². The van der Waals surface area contributed by atoms with Crippen LogP contribution in [0.25, 0.3) is 0 Å². The van der Waals surface area contributed by atoms with Crippen molar-refractivity contribution in [1.82, 2.24) is 4.90 Å². The van der Waals surface area contributed by atoms with Crippen molar-refractivity contribution in [2.45, 2.75) is 6.92 Å². The van der Waals surface area contributed by atoms with Crippen molar-refractivity contribution in [1.29, 1.82) is 0 Å².